The van der Waals surface area contributed by atoms with Crippen LogP contribution in [0.15, 0.2) is 35.0 Å². The topological polar surface area (TPSA) is 333 Å². The van der Waals surface area contributed by atoms with Gasteiger partial charge in [0, 0.05) is 52.1 Å². The summed E-state index contributed by atoms with van der Waals surface area (Å²) < 4.78 is 0. The molecule has 0 bridgehead atoms. The van der Waals surface area contributed by atoms with Crippen LogP contribution in [0.2, 0.25) is 0 Å². The predicted octanol–water partition coefficient (Wildman–Crippen LogP) is -1.24. The van der Waals surface area contributed by atoms with Gasteiger partial charge in [0.15, 0.2) is 0 Å². The van der Waals surface area contributed by atoms with Crippen LogP contribution in [-0.4, -0.2) is 98.2 Å². The Hall–Kier alpha value is -3.18. The Balaban J connectivity index is -0.000000157. The second kappa shape index (κ2) is 36.4. The number of imidazole rings is 2. The summed E-state index contributed by atoms with van der Waals surface area (Å²) >= 11 is 0. The van der Waals surface area contributed by atoms with Crippen molar-refractivity contribution < 1.29 is 74.8 Å². The van der Waals surface area contributed by atoms with E-state index in [9.17, 15) is 0 Å². The number of H-pyrrole nitrogens is 2. The summed E-state index contributed by atoms with van der Waals surface area (Å²) in [6.07, 6.45) is 10.4. The van der Waals surface area contributed by atoms with Gasteiger partial charge in [-0.05, 0) is 0 Å². The molecule has 2 aromatic heterocycles. The average Bonchev–Trinajstić information content (AvgIpc) is 3.49. The monoisotopic (exact) mass is 662 g/mol. The summed E-state index contributed by atoms with van der Waals surface area (Å²) in [6, 6.07) is 0. The van der Waals surface area contributed by atoms with E-state index in [1.54, 1.807) is 37.5 Å². The predicted molar refractivity (Wildman–Crippen MR) is 122 cm³/mol. The fourth-order valence-corrected chi connectivity index (χ4v) is 1.41. The van der Waals surface area contributed by atoms with Crippen LogP contribution in [0.1, 0.15) is 11.4 Å². The van der Waals surface area contributed by atoms with Crippen LogP contribution < -0.4 is 5.32 Å². The molecule has 2 rings (SSSR count). The van der Waals surface area contributed by atoms with Crippen LogP contribution in [0.3, 0.4) is 0 Å². The van der Waals surface area contributed by atoms with Gasteiger partial charge >= 0.3 is 49.4 Å². The standard InChI is InChI=1S/C12H17N7.2CH4O.Eu.3NO3/c1(3-14-5-11-7-16-9-18-11)13-2-4-15-6-12-8-17-10-19-12;2*1-2;;3*2-1(3)4/h5-10,13H,1-4H2,(H,16,18)(H,17,19);2*2H,1H3;;;;/q;;;+3;3*-1. The molecular weight excluding hydrogens is 636 g/mol. The third kappa shape index (κ3) is 52.6. The zero-order valence-electron chi connectivity index (χ0n) is 18.9. The number of aromatic nitrogens is 4. The number of aromatic amines is 2. The van der Waals surface area contributed by atoms with Gasteiger partial charge < -0.3 is 71.5 Å². The summed E-state index contributed by atoms with van der Waals surface area (Å²) in [7, 11) is 2.00. The zero-order valence-corrected chi connectivity index (χ0v) is 21.3. The van der Waals surface area contributed by atoms with Crippen molar-refractivity contribution in [3.05, 3.63) is 82.4 Å². The Labute approximate surface area is 243 Å². The molecule has 36 heavy (non-hydrogen) atoms. The van der Waals surface area contributed by atoms with E-state index in [0.29, 0.717) is 0 Å². The summed E-state index contributed by atoms with van der Waals surface area (Å²) in [5.74, 6) is 0. The summed E-state index contributed by atoms with van der Waals surface area (Å²) in [5, 5.41) is 61.5. The van der Waals surface area contributed by atoms with Gasteiger partial charge in [0.05, 0.1) is 52.4 Å². The molecule has 0 spiro atoms. The quantitative estimate of drug-likeness (QED) is 0.0956. The van der Waals surface area contributed by atoms with Crippen molar-refractivity contribution in [2.24, 2.45) is 9.98 Å². The Morgan fingerprint density at radius 3 is 1.28 bits per heavy atom. The third-order valence-electron chi connectivity index (χ3n) is 2.32. The molecule has 0 fully saturated rings. The van der Waals surface area contributed by atoms with Crippen LogP contribution in [0.4, 0.5) is 0 Å². The SMILES string of the molecule is C(=NCCNCCN=Cc1c[nH]cn1)c1c[nH]cn1.CO.CO.O=[N+]([O-])[O-].O=[N+]([O-])[O-].O=[N+]([O-])[O-].[Eu+3]. The molecule has 2 heterocycles. The van der Waals surface area contributed by atoms with Crippen LogP contribution in [0.5, 0.6) is 0 Å². The van der Waals surface area contributed by atoms with Crippen molar-refractivity contribution >= 4 is 12.4 Å². The van der Waals surface area contributed by atoms with Gasteiger partial charge in [-0.2, -0.15) is 0 Å². The zero-order chi connectivity index (χ0) is 27.9. The van der Waals surface area contributed by atoms with Crippen LogP contribution in [0.25, 0.3) is 0 Å². The maximum Gasteiger partial charge on any atom is 3.00 e. The number of aliphatic imine (C=N–C) groups is 2. The summed E-state index contributed by atoms with van der Waals surface area (Å²) in [4.78, 5) is 47.1. The molecule has 21 nitrogen and oxygen atoms in total. The first kappa shape index (κ1) is 42.9. The van der Waals surface area contributed by atoms with Crippen molar-refractivity contribution in [2.75, 3.05) is 40.4 Å². The Bertz CT molecular complexity index is 690. The number of nitrogens with zero attached hydrogens (tertiary/aromatic N) is 7. The minimum atomic E-state index is -1.75. The van der Waals surface area contributed by atoms with Crippen LogP contribution >= 0.6 is 0 Å². The fraction of sp³-hybridized carbons (Fsp3) is 0.429. The van der Waals surface area contributed by atoms with Crippen LogP contribution in [0, 0.1) is 95.3 Å². The summed E-state index contributed by atoms with van der Waals surface area (Å²) in [6.45, 7) is 3.13. The molecule has 0 aliphatic rings. The number of hydrogen-bond donors (Lipinski definition) is 5. The first-order chi connectivity index (χ1) is 16.6. The maximum atomic E-state index is 8.25. The molecule has 5 N–H and O–H groups in total. The largest absolute Gasteiger partial charge is 3.00 e. The minimum absolute atomic E-state index is 0. The number of aliphatic hydroxyl groups is 2. The molecule has 0 aromatic carbocycles. The molecular formula is C14H25EuN10O11. The molecule has 0 saturated heterocycles. The normalized spacial score (nSPS) is 8.56. The van der Waals surface area contributed by atoms with Crippen molar-refractivity contribution in [1.82, 2.24) is 25.3 Å². The first-order valence-corrected chi connectivity index (χ1v) is 8.67. The van der Waals surface area contributed by atoms with Crippen molar-refractivity contribution in [2.45, 2.75) is 0 Å². The van der Waals surface area contributed by atoms with E-state index in [-0.39, 0.29) is 49.4 Å². The fourth-order valence-electron chi connectivity index (χ4n) is 1.41. The molecule has 0 saturated carbocycles. The number of aliphatic hydroxyl groups excluding tert-OH is 2. The number of rotatable bonds is 8. The third-order valence-corrected chi connectivity index (χ3v) is 2.32. The molecule has 22 heteroatoms. The van der Waals surface area contributed by atoms with Gasteiger partial charge in [-0.3, -0.25) is 9.98 Å². The van der Waals surface area contributed by atoms with Gasteiger partial charge in [0.1, 0.15) is 0 Å². The van der Waals surface area contributed by atoms with E-state index in [2.05, 4.69) is 35.2 Å². The van der Waals surface area contributed by atoms with Gasteiger partial charge in [-0.15, -0.1) is 0 Å². The second-order valence-electron chi connectivity index (χ2n) is 4.48. The van der Waals surface area contributed by atoms with E-state index in [4.69, 9.17) is 56.2 Å². The maximum absolute atomic E-state index is 8.25. The van der Waals surface area contributed by atoms with Crippen LogP contribution in [-0.2, 0) is 0 Å². The Kier molecular flexibility index (Phi) is 43.4. The minimum Gasteiger partial charge on any atom is -0.400 e. The molecule has 0 aliphatic carbocycles. The molecule has 0 unspecified atom stereocenters. The van der Waals surface area contributed by atoms with E-state index < -0.39 is 15.3 Å². The van der Waals surface area contributed by atoms with E-state index in [0.717, 1.165) is 51.8 Å². The molecule has 204 valence electrons. The van der Waals surface area contributed by atoms with E-state index in [1.807, 2.05) is 0 Å². The summed E-state index contributed by atoms with van der Waals surface area (Å²) in [5.41, 5.74) is 1.70. The number of hydrogen-bond acceptors (Lipinski definition) is 16. The van der Waals surface area contributed by atoms with Crippen molar-refractivity contribution in [3.8, 4) is 0 Å². The molecule has 2 aromatic rings. The average molecular weight is 661 g/mol. The van der Waals surface area contributed by atoms with Crippen molar-refractivity contribution in [1.29, 1.82) is 0 Å². The molecule has 0 radical (unpaired) electrons. The first-order valence-electron chi connectivity index (χ1n) is 8.67. The molecule has 0 aliphatic heterocycles. The number of nitrogens with one attached hydrogen (secondary N) is 3. The Morgan fingerprint density at radius 2 is 1.06 bits per heavy atom. The van der Waals surface area contributed by atoms with E-state index >= 15 is 0 Å². The van der Waals surface area contributed by atoms with Gasteiger partial charge in [-0.1, -0.05) is 0 Å². The van der Waals surface area contributed by atoms with Gasteiger partial charge in [-0.25, -0.2) is 9.97 Å². The van der Waals surface area contributed by atoms with Crippen molar-refractivity contribution in [3.63, 3.8) is 0 Å². The van der Waals surface area contributed by atoms with E-state index in [1.165, 1.54) is 0 Å². The smallest absolute Gasteiger partial charge is 0.400 e. The molecule has 0 atom stereocenters. The second-order valence-corrected chi connectivity index (χ2v) is 4.48. The Morgan fingerprint density at radius 1 is 0.778 bits per heavy atom. The van der Waals surface area contributed by atoms with Gasteiger partial charge in [0.25, 0.3) is 0 Å². The van der Waals surface area contributed by atoms with Gasteiger partial charge in [0.2, 0.25) is 0 Å². The molecule has 0 amide bonds.